The van der Waals surface area contributed by atoms with Crippen LogP contribution in [-0.4, -0.2) is 0 Å². The second-order valence-corrected chi connectivity index (χ2v) is 4.63. The first kappa shape index (κ1) is 12.4. The third-order valence-electron chi connectivity index (χ3n) is 2.27. The van der Waals surface area contributed by atoms with E-state index in [9.17, 15) is 0 Å². The highest BCUT2D eigenvalue weighted by atomic mass is 32.2. The first-order valence-electron chi connectivity index (χ1n) is 5.80. The fourth-order valence-corrected chi connectivity index (χ4v) is 2.09. The van der Waals surface area contributed by atoms with Gasteiger partial charge in [-0.25, -0.2) is 0 Å². The maximum atomic E-state index is 2.29. The molecule has 1 rings (SSSR count). The summed E-state index contributed by atoms with van der Waals surface area (Å²) in [5, 5.41) is 2.21. The molecule has 1 heteroatoms. The quantitative estimate of drug-likeness (QED) is 0.446. The molecule has 0 heterocycles. The second-order valence-electron chi connectivity index (χ2n) is 3.65. The van der Waals surface area contributed by atoms with Crippen LogP contribution in [0.3, 0.4) is 0 Å². The highest BCUT2D eigenvalue weighted by Crippen LogP contribution is 2.18. The SMILES string of the molecule is CCCCCCC=CSc1ccccc1. The minimum Gasteiger partial charge on any atom is -0.0984 e. The van der Waals surface area contributed by atoms with Crippen LogP contribution >= 0.6 is 11.8 Å². The molecule has 1 aromatic carbocycles. The molecule has 0 nitrogen and oxygen atoms in total. The van der Waals surface area contributed by atoms with Gasteiger partial charge in [-0.2, -0.15) is 0 Å². The Kier molecular flexibility index (Phi) is 7.10. The van der Waals surface area contributed by atoms with Crippen molar-refractivity contribution >= 4 is 11.8 Å². The van der Waals surface area contributed by atoms with Gasteiger partial charge in [-0.3, -0.25) is 0 Å². The summed E-state index contributed by atoms with van der Waals surface area (Å²) in [4.78, 5) is 1.32. The van der Waals surface area contributed by atoms with Crippen molar-refractivity contribution in [3.8, 4) is 0 Å². The smallest absolute Gasteiger partial charge is 0.0116 e. The summed E-state index contributed by atoms with van der Waals surface area (Å²) in [5.74, 6) is 0. The molecular formula is C14H20S. The molecule has 0 amide bonds. The Morgan fingerprint density at radius 3 is 2.60 bits per heavy atom. The van der Waals surface area contributed by atoms with Crippen molar-refractivity contribution in [1.29, 1.82) is 0 Å². The number of rotatable bonds is 7. The molecule has 0 saturated heterocycles. The van der Waals surface area contributed by atoms with Crippen molar-refractivity contribution in [3.05, 3.63) is 41.8 Å². The number of benzene rings is 1. The molecule has 1 aromatic rings. The van der Waals surface area contributed by atoms with E-state index in [-0.39, 0.29) is 0 Å². The maximum absolute atomic E-state index is 2.29. The van der Waals surface area contributed by atoms with Gasteiger partial charge in [-0.15, -0.1) is 0 Å². The van der Waals surface area contributed by atoms with E-state index in [1.807, 2.05) is 0 Å². The molecule has 0 unspecified atom stereocenters. The van der Waals surface area contributed by atoms with Crippen molar-refractivity contribution in [3.63, 3.8) is 0 Å². The lowest BCUT2D eigenvalue weighted by Gasteiger charge is -1.95. The summed E-state index contributed by atoms with van der Waals surface area (Å²) >= 11 is 1.80. The van der Waals surface area contributed by atoms with Crippen LogP contribution in [0.15, 0.2) is 46.7 Å². The first-order valence-corrected chi connectivity index (χ1v) is 6.68. The van der Waals surface area contributed by atoms with Crippen LogP contribution in [0.25, 0.3) is 0 Å². The van der Waals surface area contributed by atoms with Crippen LogP contribution in [0.1, 0.15) is 39.0 Å². The molecule has 82 valence electrons. The largest absolute Gasteiger partial charge is 0.0984 e. The summed E-state index contributed by atoms with van der Waals surface area (Å²) in [6.45, 7) is 2.25. The molecular weight excluding hydrogens is 200 g/mol. The van der Waals surface area contributed by atoms with E-state index in [2.05, 4.69) is 48.7 Å². The lowest BCUT2D eigenvalue weighted by atomic mass is 10.2. The Morgan fingerprint density at radius 2 is 1.87 bits per heavy atom. The zero-order chi connectivity index (χ0) is 10.8. The summed E-state index contributed by atoms with van der Waals surface area (Å²) < 4.78 is 0. The fraction of sp³-hybridized carbons (Fsp3) is 0.429. The van der Waals surface area contributed by atoms with Crippen LogP contribution in [0, 0.1) is 0 Å². The van der Waals surface area contributed by atoms with Crippen molar-refractivity contribution in [2.75, 3.05) is 0 Å². The molecule has 0 saturated carbocycles. The molecule has 0 spiro atoms. The van der Waals surface area contributed by atoms with Gasteiger partial charge < -0.3 is 0 Å². The van der Waals surface area contributed by atoms with E-state index in [4.69, 9.17) is 0 Å². The fourth-order valence-electron chi connectivity index (χ4n) is 1.38. The van der Waals surface area contributed by atoms with Gasteiger partial charge in [0.2, 0.25) is 0 Å². The Labute approximate surface area is 97.8 Å². The van der Waals surface area contributed by atoms with Crippen LogP contribution in [-0.2, 0) is 0 Å². The topological polar surface area (TPSA) is 0 Å². The molecule has 0 aliphatic heterocycles. The van der Waals surface area contributed by atoms with Gasteiger partial charge >= 0.3 is 0 Å². The number of allylic oxidation sites excluding steroid dienone is 1. The third-order valence-corrected chi connectivity index (χ3v) is 3.14. The molecule has 0 bridgehead atoms. The van der Waals surface area contributed by atoms with E-state index >= 15 is 0 Å². The molecule has 0 aliphatic carbocycles. The van der Waals surface area contributed by atoms with Crippen LogP contribution < -0.4 is 0 Å². The van der Waals surface area contributed by atoms with Crippen LogP contribution in [0.2, 0.25) is 0 Å². The summed E-state index contributed by atoms with van der Waals surface area (Å²) in [7, 11) is 0. The zero-order valence-corrected chi connectivity index (χ0v) is 10.3. The van der Waals surface area contributed by atoms with E-state index in [1.165, 1.54) is 37.0 Å². The summed E-state index contributed by atoms with van der Waals surface area (Å²) in [6, 6.07) is 10.5. The molecule has 0 radical (unpaired) electrons. The number of hydrogen-bond donors (Lipinski definition) is 0. The van der Waals surface area contributed by atoms with E-state index in [1.54, 1.807) is 11.8 Å². The Morgan fingerprint density at radius 1 is 1.07 bits per heavy atom. The van der Waals surface area contributed by atoms with Gasteiger partial charge in [0.05, 0.1) is 0 Å². The minimum atomic E-state index is 1.22. The summed E-state index contributed by atoms with van der Waals surface area (Å²) in [6.07, 6.45) is 8.91. The molecule has 0 N–H and O–H groups in total. The maximum Gasteiger partial charge on any atom is 0.0116 e. The molecule has 0 aliphatic rings. The van der Waals surface area contributed by atoms with Gasteiger partial charge in [-0.1, -0.05) is 62.2 Å². The first-order chi connectivity index (χ1) is 7.43. The van der Waals surface area contributed by atoms with Gasteiger partial charge in [-0.05, 0) is 30.4 Å². The van der Waals surface area contributed by atoms with Crippen molar-refractivity contribution < 1.29 is 0 Å². The molecule has 0 atom stereocenters. The Balaban J connectivity index is 2.07. The van der Waals surface area contributed by atoms with Gasteiger partial charge in [0.15, 0.2) is 0 Å². The Hall–Kier alpha value is -0.690. The lowest BCUT2D eigenvalue weighted by molar-refractivity contribution is 0.675. The third kappa shape index (κ3) is 6.40. The lowest BCUT2D eigenvalue weighted by Crippen LogP contribution is -1.73. The average Bonchev–Trinajstić information content (AvgIpc) is 2.29. The average molecular weight is 220 g/mol. The zero-order valence-electron chi connectivity index (χ0n) is 9.49. The predicted octanol–water partition coefficient (Wildman–Crippen LogP) is 5.26. The van der Waals surface area contributed by atoms with Gasteiger partial charge in [0, 0.05) is 4.90 Å². The molecule has 0 aromatic heterocycles. The van der Waals surface area contributed by atoms with E-state index < -0.39 is 0 Å². The Bertz CT molecular complexity index is 264. The standard InChI is InChI=1S/C14H20S/c1-2-3-4-5-6-10-13-15-14-11-8-7-9-12-14/h7-13H,2-6H2,1H3. The number of thioether (sulfide) groups is 1. The highest BCUT2D eigenvalue weighted by molar-refractivity contribution is 8.02. The monoisotopic (exact) mass is 220 g/mol. The van der Waals surface area contributed by atoms with E-state index in [0.717, 1.165) is 0 Å². The van der Waals surface area contributed by atoms with Crippen LogP contribution in [0.5, 0.6) is 0 Å². The second kappa shape index (κ2) is 8.60. The molecule has 0 fully saturated rings. The van der Waals surface area contributed by atoms with Crippen LogP contribution in [0.4, 0.5) is 0 Å². The number of unbranched alkanes of at least 4 members (excludes halogenated alkanes) is 4. The van der Waals surface area contributed by atoms with Crippen molar-refractivity contribution in [1.82, 2.24) is 0 Å². The van der Waals surface area contributed by atoms with Gasteiger partial charge in [0.1, 0.15) is 0 Å². The number of hydrogen-bond acceptors (Lipinski definition) is 1. The van der Waals surface area contributed by atoms with Crippen molar-refractivity contribution in [2.24, 2.45) is 0 Å². The highest BCUT2D eigenvalue weighted by Gasteiger charge is 1.87. The summed E-state index contributed by atoms with van der Waals surface area (Å²) in [5.41, 5.74) is 0. The predicted molar refractivity (Wildman–Crippen MR) is 70.2 cm³/mol. The minimum absolute atomic E-state index is 1.22. The normalized spacial score (nSPS) is 11.0. The van der Waals surface area contributed by atoms with Gasteiger partial charge in [0.25, 0.3) is 0 Å². The van der Waals surface area contributed by atoms with Crippen molar-refractivity contribution in [2.45, 2.75) is 43.9 Å². The molecule has 15 heavy (non-hydrogen) atoms. The van der Waals surface area contributed by atoms with E-state index in [0.29, 0.717) is 0 Å².